The average Bonchev–Trinajstić information content (AvgIpc) is 2.72. The molecule has 0 radical (unpaired) electrons. The van der Waals surface area contributed by atoms with Crippen molar-refractivity contribution in [1.29, 1.82) is 5.26 Å². The van der Waals surface area contributed by atoms with Crippen LogP contribution in [0.4, 0.5) is 23.7 Å². The average molecular weight is 425 g/mol. The van der Waals surface area contributed by atoms with Crippen molar-refractivity contribution in [2.75, 3.05) is 4.90 Å². The number of hydrogen-bond acceptors (Lipinski definition) is 3. The molecular formula is C23H18F3N3O2. The van der Waals surface area contributed by atoms with Crippen LogP contribution in [-0.4, -0.2) is 11.8 Å². The van der Waals surface area contributed by atoms with Crippen molar-refractivity contribution in [3.63, 3.8) is 0 Å². The van der Waals surface area contributed by atoms with E-state index in [2.05, 4.69) is 11.4 Å². The molecule has 1 aliphatic carbocycles. The summed E-state index contributed by atoms with van der Waals surface area (Å²) >= 11 is 0. The highest BCUT2D eigenvalue weighted by Gasteiger charge is 2.40. The number of rotatable bonds is 2. The molecule has 2 aromatic rings. The van der Waals surface area contributed by atoms with Gasteiger partial charge in [-0.2, -0.15) is 18.4 Å². The topological polar surface area (TPSA) is 73.2 Å². The molecule has 5 nitrogen and oxygen atoms in total. The summed E-state index contributed by atoms with van der Waals surface area (Å²) in [5, 5.41) is 11.9. The second-order valence-corrected chi connectivity index (χ2v) is 7.59. The normalized spacial score (nSPS) is 19.1. The number of carbonyl (C=O) groups is 2. The number of urea groups is 1. The lowest BCUT2D eigenvalue weighted by atomic mass is 9.83. The fourth-order valence-corrected chi connectivity index (χ4v) is 4.19. The highest BCUT2D eigenvalue weighted by atomic mass is 19.4. The van der Waals surface area contributed by atoms with E-state index in [0.29, 0.717) is 41.7 Å². The first kappa shape index (κ1) is 20.7. The lowest BCUT2D eigenvalue weighted by molar-refractivity contribution is -0.137. The minimum Gasteiger partial charge on any atom is -0.326 e. The van der Waals surface area contributed by atoms with Crippen molar-refractivity contribution in [2.24, 2.45) is 0 Å². The molecule has 4 rings (SSSR count). The zero-order valence-electron chi connectivity index (χ0n) is 16.6. The molecule has 0 spiro atoms. The molecule has 0 bridgehead atoms. The van der Waals surface area contributed by atoms with Crippen molar-refractivity contribution in [2.45, 2.75) is 38.4 Å². The summed E-state index contributed by atoms with van der Waals surface area (Å²) in [6.45, 7) is 1.79. The van der Waals surface area contributed by atoms with Crippen LogP contribution in [0.5, 0.6) is 0 Å². The minimum absolute atomic E-state index is 0.0597. The fraction of sp³-hybridized carbons (Fsp3) is 0.261. The molecule has 1 atom stereocenters. The van der Waals surface area contributed by atoms with Crippen LogP contribution in [0.25, 0.3) is 0 Å². The molecule has 1 N–H and O–H groups in total. The molecule has 31 heavy (non-hydrogen) atoms. The Kier molecular flexibility index (Phi) is 5.05. The van der Waals surface area contributed by atoms with E-state index in [1.807, 2.05) is 0 Å². The standard InChI is InChI=1S/C23H18F3N3O2/c1-13-10-14(12-27)8-9-17(13)21-20-18(6-3-7-19(20)30)29(22(31)28-21)16-5-2-4-15(11-16)23(24,25)26/h2,4-5,8-11,21H,3,6-7H2,1H3,(H,28,31)/t21-/m1/s1. The predicted molar refractivity (Wildman–Crippen MR) is 107 cm³/mol. The quantitative estimate of drug-likeness (QED) is 0.722. The van der Waals surface area contributed by atoms with E-state index >= 15 is 0 Å². The van der Waals surface area contributed by atoms with Gasteiger partial charge in [0, 0.05) is 17.7 Å². The van der Waals surface area contributed by atoms with Gasteiger partial charge in [-0.05, 0) is 61.2 Å². The molecule has 0 saturated heterocycles. The molecule has 2 amide bonds. The number of hydrogen-bond donors (Lipinski definition) is 1. The third kappa shape index (κ3) is 3.67. The van der Waals surface area contributed by atoms with Crippen LogP contribution in [0.1, 0.15) is 47.6 Å². The highest BCUT2D eigenvalue weighted by molar-refractivity contribution is 6.06. The number of Topliss-reactive ketones (excluding diaryl/α,β-unsaturated/α-hetero) is 1. The number of nitrogens with zero attached hydrogens (tertiary/aromatic N) is 2. The largest absolute Gasteiger partial charge is 0.416 e. The van der Waals surface area contributed by atoms with E-state index in [9.17, 15) is 22.8 Å². The number of nitrogens with one attached hydrogen (secondary N) is 1. The molecule has 1 aliphatic heterocycles. The number of alkyl halides is 3. The Bertz CT molecular complexity index is 1160. The third-order valence-electron chi connectivity index (χ3n) is 5.60. The summed E-state index contributed by atoms with van der Waals surface area (Å²) in [5.41, 5.74) is 1.87. The molecule has 2 aromatic carbocycles. The number of allylic oxidation sites excluding steroid dienone is 1. The summed E-state index contributed by atoms with van der Waals surface area (Å²) in [7, 11) is 0. The monoisotopic (exact) mass is 425 g/mol. The summed E-state index contributed by atoms with van der Waals surface area (Å²) in [4.78, 5) is 27.1. The number of benzene rings is 2. The summed E-state index contributed by atoms with van der Waals surface area (Å²) in [6, 6.07) is 10.2. The number of halogens is 3. The lowest BCUT2D eigenvalue weighted by Crippen LogP contribution is -2.49. The zero-order chi connectivity index (χ0) is 22.3. The zero-order valence-corrected chi connectivity index (χ0v) is 16.6. The Morgan fingerprint density at radius 2 is 1.90 bits per heavy atom. The third-order valence-corrected chi connectivity index (χ3v) is 5.60. The van der Waals surface area contributed by atoms with Gasteiger partial charge in [0.2, 0.25) is 0 Å². The van der Waals surface area contributed by atoms with Crippen molar-refractivity contribution >= 4 is 17.5 Å². The smallest absolute Gasteiger partial charge is 0.326 e. The maximum Gasteiger partial charge on any atom is 0.416 e. The van der Waals surface area contributed by atoms with Crippen LogP contribution < -0.4 is 10.2 Å². The molecule has 0 fully saturated rings. The summed E-state index contributed by atoms with van der Waals surface area (Å²) in [6.07, 6.45) is -3.34. The Hall–Kier alpha value is -3.60. The van der Waals surface area contributed by atoms with Gasteiger partial charge in [0.05, 0.1) is 28.9 Å². The Balaban J connectivity index is 1.86. The summed E-state index contributed by atoms with van der Waals surface area (Å²) in [5.74, 6) is -0.146. The van der Waals surface area contributed by atoms with Crippen molar-refractivity contribution in [3.05, 3.63) is 76.0 Å². The van der Waals surface area contributed by atoms with E-state index < -0.39 is 23.8 Å². The van der Waals surface area contributed by atoms with Crippen molar-refractivity contribution in [1.82, 2.24) is 5.32 Å². The van der Waals surface area contributed by atoms with Gasteiger partial charge >= 0.3 is 12.2 Å². The van der Waals surface area contributed by atoms with Crippen LogP contribution in [0.15, 0.2) is 53.7 Å². The van der Waals surface area contributed by atoms with Crippen LogP contribution in [-0.2, 0) is 11.0 Å². The lowest BCUT2D eigenvalue weighted by Gasteiger charge is -2.39. The van der Waals surface area contributed by atoms with Gasteiger partial charge in [-0.3, -0.25) is 9.69 Å². The number of ketones is 1. The predicted octanol–water partition coefficient (Wildman–Crippen LogP) is 5.16. The van der Waals surface area contributed by atoms with Gasteiger partial charge in [-0.15, -0.1) is 0 Å². The first-order valence-corrected chi connectivity index (χ1v) is 9.75. The van der Waals surface area contributed by atoms with E-state index in [0.717, 1.165) is 17.7 Å². The van der Waals surface area contributed by atoms with Crippen molar-refractivity contribution in [3.8, 4) is 6.07 Å². The van der Waals surface area contributed by atoms with Gasteiger partial charge in [0.15, 0.2) is 5.78 Å². The maximum absolute atomic E-state index is 13.2. The fourth-order valence-electron chi connectivity index (χ4n) is 4.19. The molecule has 0 aromatic heterocycles. The number of aryl methyl sites for hydroxylation is 1. The molecule has 0 saturated carbocycles. The van der Waals surface area contributed by atoms with Crippen LogP contribution in [0.2, 0.25) is 0 Å². The molecular weight excluding hydrogens is 407 g/mol. The molecule has 0 unspecified atom stereocenters. The Morgan fingerprint density at radius 1 is 1.13 bits per heavy atom. The van der Waals surface area contributed by atoms with E-state index in [1.165, 1.54) is 17.0 Å². The molecule has 2 aliphatic rings. The van der Waals surface area contributed by atoms with Crippen LogP contribution in [0, 0.1) is 18.3 Å². The van der Waals surface area contributed by atoms with Crippen molar-refractivity contribution < 1.29 is 22.8 Å². The Labute approximate surface area is 176 Å². The van der Waals surface area contributed by atoms with Gasteiger partial charge < -0.3 is 5.32 Å². The molecule has 158 valence electrons. The Morgan fingerprint density at radius 3 is 2.58 bits per heavy atom. The van der Waals surface area contributed by atoms with Gasteiger partial charge in [-0.1, -0.05) is 12.1 Å². The van der Waals surface area contributed by atoms with Crippen LogP contribution >= 0.6 is 0 Å². The van der Waals surface area contributed by atoms with Crippen LogP contribution in [0.3, 0.4) is 0 Å². The second-order valence-electron chi connectivity index (χ2n) is 7.59. The number of nitriles is 1. The number of carbonyl (C=O) groups excluding carboxylic acids is 2. The summed E-state index contributed by atoms with van der Waals surface area (Å²) < 4.78 is 39.6. The minimum atomic E-state index is -4.55. The van der Waals surface area contributed by atoms with Gasteiger partial charge in [0.25, 0.3) is 0 Å². The van der Waals surface area contributed by atoms with Gasteiger partial charge in [-0.25, -0.2) is 4.79 Å². The van der Waals surface area contributed by atoms with E-state index in [1.54, 1.807) is 25.1 Å². The molecule has 8 heteroatoms. The highest BCUT2D eigenvalue weighted by Crippen LogP contribution is 2.41. The number of anilines is 1. The SMILES string of the molecule is Cc1cc(C#N)ccc1[C@H]1NC(=O)N(c2cccc(C(F)(F)F)c2)C2=C1C(=O)CCC2. The maximum atomic E-state index is 13.2. The number of amides is 2. The molecule has 1 heterocycles. The first-order chi connectivity index (χ1) is 14.7. The first-order valence-electron chi connectivity index (χ1n) is 9.75. The van der Waals surface area contributed by atoms with Gasteiger partial charge in [0.1, 0.15) is 0 Å². The second kappa shape index (κ2) is 7.58. The van der Waals surface area contributed by atoms with E-state index in [-0.39, 0.29) is 11.5 Å². The van der Waals surface area contributed by atoms with E-state index in [4.69, 9.17) is 5.26 Å².